The van der Waals surface area contributed by atoms with Gasteiger partial charge in [0, 0.05) is 25.9 Å². The summed E-state index contributed by atoms with van der Waals surface area (Å²) in [4.78, 5) is 0. The molecule has 1 aliphatic rings. The number of hydrogen-bond donors (Lipinski definition) is 0. The van der Waals surface area contributed by atoms with E-state index in [2.05, 4.69) is 16.8 Å². The van der Waals surface area contributed by atoms with Crippen LogP contribution in [-0.4, -0.2) is 40.6 Å². The summed E-state index contributed by atoms with van der Waals surface area (Å²) in [6.45, 7) is 3.69. The number of allylic oxidation sites excluding steroid dienone is 3. The van der Waals surface area contributed by atoms with E-state index in [9.17, 15) is 0 Å². The molecule has 2 rings (SSSR count). The number of methoxy groups -OCH3 is 4. The van der Waals surface area contributed by atoms with Crippen LogP contribution in [0.3, 0.4) is 0 Å². The van der Waals surface area contributed by atoms with E-state index in [1.165, 1.54) is 0 Å². The maximum atomic E-state index is 5.45. The third kappa shape index (κ3) is 4.68. The van der Waals surface area contributed by atoms with Gasteiger partial charge in [-0.15, -0.1) is 5.11 Å². The molecule has 0 heterocycles. The molecule has 0 N–H and O–H groups in total. The molecule has 0 saturated carbocycles. The average molecular weight is 356 g/mol. The zero-order chi connectivity index (χ0) is 18.9. The second kappa shape index (κ2) is 9.70. The van der Waals surface area contributed by atoms with Gasteiger partial charge in [-0.05, 0) is 24.3 Å². The van der Waals surface area contributed by atoms with Gasteiger partial charge in [-0.3, -0.25) is 0 Å². The van der Waals surface area contributed by atoms with Crippen molar-refractivity contribution in [1.82, 2.24) is 0 Å². The quantitative estimate of drug-likeness (QED) is 0.510. The molecule has 0 spiro atoms. The summed E-state index contributed by atoms with van der Waals surface area (Å²) >= 11 is 0. The molecule has 1 aromatic rings. The minimum atomic E-state index is -0.309. The third-order valence-electron chi connectivity index (χ3n) is 3.89. The third-order valence-corrected chi connectivity index (χ3v) is 3.89. The lowest BCUT2D eigenvalue weighted by atomic mass is 10.0. The van der Waals surface area contributed by atoms with E-state index in [4.69, 9.17) is 18.9 Å². The van der Waals surface area contributed by atoms with Crippen LogP contribution in [0.5, 0.6) is 5.75 Å². The van der Waals surface area contributed by atoms with Crippen LogP contribution < -0.4 is 4.74 Å². The number of ether oxygens (including phenoxy) is 4. The Morgan fingerprint density at radius 3 is 2.46 bits per heavy atom. The average Bonchev–Trinajstić information content (AvgIpc) is 2.69. The van der Waals surface area contributed by atoms with Gasteiger partial charge < -0.3 is 18.9 Å². The maximum absolute atomic E-state index is 5.45. The monoisotopic (exact) mass is 356 g/mol. The molecule has 0 saturated heterocycles. The summed E-state index contributed by atoms with van der Waals surface area (Å²) in [5, 5.41) is 8.70. The van der Waals surface area contributed by atoms with Crippen molar-refractivity contribution in [2.75, 3.05) is 28.4 Å². The predicted octanol–water partition coefficient (Wildman–Crippen LogP) is 4.44. The minimum absolute atomic E-state index is 0.301. The van der Waals surface area contributed by atoms with E-state index in [-0.39, 0.29) is 12.2 Å². The van der Waals surface area contributed by atoms with Crippen LogP contribution in [0.1, 0.15) is 5.56 Å². The number of rotatable bonds is 8. The summed E-state index contributed by atoms with van der Waals surface area (Å²) in [6, 6.07) is 5.57. The minimum Gasteiger partial charge on any atom is -0.498 e. The van der Waals surface area contributed by atoms with E-state index in [0.29, 0.717) is 17.1 Å². The van der Waals surface area contributed by atoms with Crippen molar-refractivity contribution < 1.29 is 18.9 Å². The molecule has 2 unspecified atom stereocenters. The van der Waals surface area contributed by atoms with Crippen LogP contribution >= 0.6 is 0 Å². The molecule has 0 fully saturated rings. The molecular weight excluding hydrogens is 332 g/mol. The van der Waals surface area contributed by atoms with Gasteiger partial charge >= 0.3 is 0 Å². The van der Waals surface area contributed by atoms with Crippen LogP contribution in [0.2, 0.25) is 0 Å². The van der Waals surface area contributed by atoms with E-state index in [1.54, 1.807) is 40.6 Å². The molecule has 1 aromatic carbocycles. The van der Waals surface area contributed by atoms with E-state index >= 15 is 0 Å². The van der Waals surface area contributed by atoms with Gasteiger partial charge in [-0.25, -0.2) is 0 Å². The molecule has 6 nitrogen and oxygen atoms in total. The van der Waals surface area contributed by atoms with Crippen molar-refractivity contribution in [3.05, 3.63) is 66.1 Å². The first-order valence-corrected chi connectivity index (χ1v) is 8.08. The fraction of sp³-hybridized carbons (Fsp3) is 0.300. The van der Waals surface area contributed by atoms with Crippen LogP contribution in [0.25, 0.3) is 6.08 Å². The number of nitrogens with zero attached hydrogens (tertiary/aromatic N) is 2. The number of azo groups is 1. The Bertz CT molecular complexity index is 750. The van der Waals surface area contributed by atoms with Crippen molar-refractivity contribution >= 4 is 11.8 Å². The Morgan fingerprint density at radius 1 is 1.04 bits per heavy atom. The molecule has 2 atom stereocenters. The Kier molecular flexibility index (Phi) is 7.32. The first-order chi connectivity index (χ1) is 12.7. The summed E-state index contributed by atoms with van der Waals surface area (Å²) in [5.41, 5.74) is 2.22. The van der Waals surface area contributed by atoms with Crippen LogP contribution in [0.15, 0.2) is 70.8 Å². The Morgan fingerprint density at radius 2 is 1.85 bits per heavy atom. The van der Waals surface area contributed by atoms with E-state index < -0.39 is 0 Å². The van der Waals surface area contributed by atoms with Crippen molar-refractivity contribution in [3.8, 4) is 5.75 Å². The van der Waals surface area contributed by atoms with Gasteiger partial charge in [0.2, 0.25) is 0 Å². The number of benzene rings is 1. The first-order valence-electron chi connectivity index (χ1n) is 8.08. The molecule has 26 heavy (non-hydrogen) atoms. The lowest BCUT2D eigenvalue weighted by Gasteiger charge is -2.27. The van der Waals surface area contributed by atoms with Crippen molar-refractivity contribution in [3.63, 3.8) is 0 Å². The second-order valence-corrected chi connectivity index (χ2v) is 5.42. The topological polar surface area (TPSA) is 61.6 Å². The molecular formula is C20H24N2O4. The first kappa shape index (κ1) is 19.6. The highest BCUT2D eigenvalue weighted by molar-refractivity contribution is 5.66. The fourth-order valence-electron chi connectivity index (χ4n) is 2.54. The largest absolute Gasteiger partial charge is 0.498 e. The highest BCUT2D eigenvalue weighted by Crippen LogP contribution is 2.29. The van der Waals surface area contributed by atoms with E-state index in [1.807, 2.05) is 36.4 Å². The van der Waals surface area contributed by atoms with Crippen molar-refractivity contribution in [1.29, 1.82) is 0 Å². The smallest absolute Gasteiger partial charge is 0.144 e. The number of hydrogen-bond acceptors (Lipinski definition) is 6. The predicted molar refractivity (Wildman–Crippen MR) is 102 cm³/mol. The van der Waals surface area contributed by atoms with Gasteiger partial charge in [-0.1, -0.05) is 24.8 Å². The second-order valence-electron chi connectivity index (χ2n) is 5.42. The Labute approximate surface area is 154 Å². The fourth-order valence-corrected chi connectivity index (χ4v) is 2.54. The summed E-state index contributed by atoms with van der Waals surface area (Å²) < 4.78 is 21.5. The summed E-state index contributed by atoms with van der Waals surface area (Å²) in [5.74, 6) is 1.38. The summed E-state index contributed by atoms with van der Waals surface area (Å²) in [7, 11) is 6.44. The van der Waals surface area contributed by atoms with Gasteiger partial charge in [-0.2, -0.15) is 5.11 Å². The van der Waals surface area contributed by atoms with Crippen molar-refractivity contribution in [2.24, 2.45) is 10.2 Å². The molecule has 0 amide bonds. The molecule has 0 aliphatic heterocycles. The van der Waals surface area contributed by atoms with E-state index in [0.717, 1.165) is 11.3 Å². The lowest BCUT2D eigenvalue weighted by Crippen LogP contribution is -2.33. The molecule has 138 valence electrons. The van der Waals surface area contributed by atoms with Crippen LogP contribution in [-0.2, 0) is 14.2 Å². The molecule has 0 aromatic heterocycles. The van der Waals surface area contributed by atoms with Crippen molar-refractivity contribution in [2.45, 2.75) is 12.2 Å². The normalized spacial score (nSPS) is 20.2. The highest BCUT2D eigenvalue weighted by Gasteiger charge is 2.28. The van der Waals surface area contributed by atoms with Gasteiger partial charge in [0.15, 0.2) is 0 Å². The maximum Gasteiger partial charge on any atom is 0.144 e. The van der Waals surface area contributed by atoms with Crippen LogP contribution in [0, 0.1) is 0 Å². The standard InChI is InChI=1S/C20H24N2O4/c1-6-7-8-14-11-16(23-2)9-10-17(14)22-21-15-12-18(24-3)20(26-5)19(13-15)25-4/h6-13,18,20H,1H2,2-5H3/b8-7-,22-21?. The highest BCUT2D eigenvalue weighted by atomic mass is 16.6. The summed E-state index contributed by atoms with van der Waals surface area (Å²) in [6.07, 6.45) is 8.46. The SMILES string of the molecule is C=C/C=C\c1cc(OC)ccc1N=NC1=CC(OC)C(OC)C(OC)=C1. The lowest BCUT2D eigenvalue weighted by molar-refractivity contribution is -0.0190. The van der Waals surface area contributed by atoms with Crippen LogP contribution in [0.4, 0.5) is 5.69 Å². The molecule has 1 aliphatic carbocycles. The Hall–Kier alpha value is -2.70. The Balaban J connectivity index is 2.34. The molecule has 6 heteroatoms. The van der Waals surface area contributed by atoms with Gasteiger partial charge in [0.05, 0.1) is 25.6 Å². The van der Waals surface area contributed by atoms with Gasteiger partial charge in [0.1, 0.15) is 23.7 Å². The molecule has 0 bridgehead atoms. The molecule has 0 radical (unpaired) electrons. The zero-order valence-corrected chi connectivity index (χ0v) is 15.5. The zero-order valence-electron chi connectivity index (χ0n) is 15.5. The van der Waals surface area contributed by atoms with Gasteiger partial charge in [0.25, 0.3) is 0 Å².